The minimum atomic E-state index is -0.668. The van der Waals surface area contributed by atoms with Crippen LogP contribution in [0.2, 0.25) is 0 Å². The van der Waals surface area contributed by atoms with Crippen LogP contribution in [0.5, 0.6) is 0 Å². The van der Waals surface area contributed by atoms with Gasteiger partial charge in [-0.2, -0.15) is 0 Å². The number of aliphatic hydroxyl groups is 1. The summed E-state index contributed by atoms with van der Waals surface area (Å²) in [6.07, 6.45) is -0.449. The van der Waals surface area contributed by atoms with Crippen LogP contribution in [0.4, 0.5) is 8.78 Å². The van der Waals surface area contributed by atoms with E-state index in [-0.39, 0.29) is 16.3 Å². The first-order valence-electron chi connectivity index (χ1n) is 4.81. The quantitative estimate of drug-likeness (QED) is 0.622. The first-order valence-corrected chi connectivity index (χ1v) is 6.06. The summed E-state index contributed by atoms with van der Waals surface area (Å²) in [5, 5.41) is 9.79. The van der Waals surface area contributed by atoms with Gasteiger partial charge in [-0.3, -0.25) is 0 Å². The first kappa shape index (κ1) is 11.3. The summed E-state index contributed by atoms with van der Waals surface area (Å²) < 4.78 is 27.1. The van der Waals surface area contributed by atoms with E-state index in [1.807, 2.05) is 6.92 Å². The Morgan fingerprint density at radius 1 is 1.40 bits per heavy atom. The first-order chi connectivity index (χ1) is 7.02. The summed E-state index contributed by atoms with van der Waals surface area (Å²) in [4.78, 5) is 0. The third kappa shape index (κ3) is 1.78. The van der Waals surface area contributed by atoms with Crippen LogP contribution < -0.4 is 0 Å². The lowest BCUT2D eigenvalue weighted by atomic mass is 9.96. The van der Waals surface area contributed by atoms with E-state index in [9.17, 15) is 13.9 Å². The van der Waals surface area contributed by atoms with Crippen molar-refractivity contribution in [3.63, 3.8) is 0 Å². The highest BCUT2D eigenvalue weighted by Crippen LogP contribution is 2.41. The van der Waals surface area contributed by atoms with E-state index < -0.39 is 17.7 Å². The Labute approximate surface area is 101 Å². The molecule has 1 aliphatic rings. The summed E-state index contributed by atoms with van der Waals surface area (Å²) >= 11 is 2.14. The molecule has 1 aliphatic carbocycles. The number of alkyl halides is 1. The van der Waals surface area contributed by atoms with Crippen molar-refractivity contribution in [3.8, 4) is 0 Å². The van der Waals surface area contributed by atoms with Gasteiger partial charge < -0.3 is 5.11 Å². The maximum atomic E-state index is 13.6. The molecule has 0 radical (unpaired) electrons. The molecule has 1 nitrogen and oxygen atoms in total. The molecule has 1 N–H and O–H groups in total. The second-order valence-electron chi connectivity index (χ2n) is 3.90. The van der Waals surface area contributed by atoms with Crippen molar-refractivity contribution in [2.45, 2.75) is 29.3 Å². The van der Waals surface area contributed by atoms with Crippen LogP contribution in [-0.2, 0) is 6.42 Å². The predicted molar refractivity (Wildman–Crippen MR) is 62.3 cm³/mol. The largest absolute Gasteiger partial charge is 0.392 e. The molecule has 1 aromatic carbocycles. The van der Waals surface area contributed by atoms with Gasteiger partial charge in [-0.15, -0.1) is 0 Å². The van der Waals surface area contributed by atoms with Crippen molar-refractivity contribution in [2.75, 3.05) is 0 Å². The number of rotatable bonds is 1. The third-order valence-corrected chi connectivity index (χ3v) is 3.68. The SMILES string of the molecule is C[C@H](I)[C@H]1c2c(F)ccc(F)c2C[C@H]1O. The van der Waals surface area contributed by atoms with E-state index in [2.05, 4.69) is 22.6 Å². The van der Waals surface area contributed by atoms with Crippen LogP contribution in [0.25, 0.3) is 0 Å². The zero-order chi connectivity index (χ0) is 11.2. The lowest BCUT2D eigenvalue weighted by Gasteiger charge is -2.18. The molecule has 0 amide bonds. The Hall–Kier alpha value is -0.230. The van der Waals surface area contributed by atoms with Crippen LogP contribution in [-0.4, -0.2) is 15.1 Å². The highest BCUT2D eigenvalue weighted by Gasteiger charge is 2.37. The monoisotopic (exact) mass is 324 g/mol. The molecule has 0 bridgehead atoms. The molecular formula is C11H11F2IO. The van der Waals surface area contributed by atoms with Crippen molar-refractivity contribution >= 4 is 22.6 Å². The molecule has 0 saturated heterocycles. The fourth-order valence-electron chi connectivity index (χ4n) is 2.24. The van der Waals surface area contributed by atoms with E-state index in [0.717, 1.165) is 12.1 Å². The standard InChI is InChI=1S/C11H11F2IO/c1-5(14)10-9(15)4-6-7(12)2-3-8(13)11(6)10/h2-3,5,9-10,15H,4H2,1H3/t5-,9+,10+/m0/s1. The van der Waals surface area contributed by atoms with Gasteiger partial charge >= 0.3 is 0 Å². The molecule has 4 heteroatoms. The fraction of sp³-hybridized carbons (Fsp3) is 0.455. The maximum absolute atomic E-state index is 13.6. The van der Waals surface area contributed by atoms with E-state index in [1.165, 1.54) is 0 Å². The molecule has 0 heterocycles. The Morgan fingerprint density at radius 2 is 2.00 bits per heavy atom. The van der Waals surface area contributed by atoms with Gasteiger partial charge in [0.05, 0.1) is 6.10 Å². The van der Waals surface area contributed by atoms with Gasteiger partial charge in [0.25, 0.3) is 0 Å². The Morgan fingerprint density at radius 3 is 2.60 bits per heavy atom. The van der Waals surface area contributed by atoms with Gasteiger partial charge in [0.15, 0.2) is 0 Å². The molecule has 0 spiro atoms. The van der Waals surface area contributed by atoms with Gasteiger partial charge in [-0.25, -0.2) is 8.78 Å². The number of fused-ring (bicyclic) bond motifs is 1. The summed E-state index contributed by atoms with van der Waals surface area (Å²) in [7, 11) is 0. The number of hydrogen-bond acceptors (Lipinski definition) is 1. The van der Waals surface area contributed by atoms with Gasteiger partial charge in [0.2, 0.25) is 0 Å². The molecule has 15 heavy (non-hydrogen) atoms. The van der Waals surface area contributed by atoms with Gasteiger partial charge in [0, 0.05) is 21.8 Å². The van der Waals surface area contributed by atoms with Crippen LogP contribution in [0.15, 0.2) is 12.1 Å². The van der Waals surface area contributed by atoms with E-state index >= 15 is 0 Å². The topological polar surface area (TPSA) is 20.2 Å². The van der Waals surface area contributed by atoms with Gasteiger partial charge in [-0.05, 0) is 17.7 Å². The zero-order valence-electron chi connectivity index (χ0n) is 8.17. The lowest BCUT2D eigenvalue weighted by Crippen LogP contribution is -2.20. The smallest absolute Gasteiger partial charge is 0.127 e. The van der Waals surface area contributed by atoms with E-state index in [0.29, 0.717) is 11.1 Å². The maximum Gasteiger partial charge on any atom is 0.127 e. The van der Waals surface area contributed by atoms with Gasteiger partial charge in [-0.1, -0.05) is 29.5 Å². The summed E-state index contributed by atoms with van der Waals surface area (Å²) in [6, 6.07) is 2.26. The number of halogens is 3. The number of aliphatic hydroxyl groups excluding tert-OH is 1. The van der Waals surface area contributed by atoms with E-state index in [1.54, 1.807) is 0 Å². The second kappa shape index (κ2) is 3.97. The number of hydrogen-bond donors (Lipinski definition) is 1. The second-order valence-corrected chi connectivity index (χ2v) is 5.86. The van der Waals surface area contributed by atoms with Crippen LogP contribution in [0.1, 0.15) is 24.0 Å². The van der Waals surface area contributed by atoms with Crippen molar-refractivity contribution in [2.24, 2.45) is 0 Å². The molecule has 3 atom stereocenters. The lowest BCUT2D eigenvalue weighted by molar-refractivity contribution is 0.156. The molecule has 0 unspecified atom stereocenters. The molecule has 82 valence electrons. The summed E-state index contributed by atoms with van der Waals surface area (Å²) in [5.74, 6) is -1.11. The average Bonchev–Trinajstić information content (AvgIpc) is 2.50. The molecule has 0 aromatic heterocycles. The van der Waals surface area contributed by atoms with Gasteiger partial charge in [0.1, 0.15) is 11.6 Å². The van der Waals surface area contributed by atoms with Crippen LogP contribution in [0, 0.1) is 11.6 Å². The molecule has 0 aliphatic heterocycles. The average molecular weight is 324 g/mol. The highest BCUT2D eigenvalue weighted by molar-refractivity contribution is 14.1. The Kier molecular flexibility index (Phi) is 2.98. The van der Waals surface area contributed by atoms with Crippen LogP contribution >= 0.6 is 22.6 Å². The molecule has 2 rings (SSSR count). The predicted octanol–water partition coefficient (Wildman–Crippen LogP) is 2.79. The molecule has 0 saturated carbocycles. The van der Waals surface area contributed by atoms with Crippen molar-refractivity contribution < 1.29 is 13.9 Å². The zero-order valence-corrected chi connectivity index (χ0v) is 10.3. The molecule has 0 fully saturated rings. The summed E-state index contributed by atoms with van der Waals surface area (Å²) in [6.45, 7) is 1.90. The Bertz CT molecular complexity index is 392. The fourth-order valence-corrected chi connectivity index (χ4v) is 3.08. The molecular weight excluding hydrogens is 313 g/mol. The van der Waals surface area contributed by atoms with E-state index in [4.69, 9.17) is 0 Å². The summed E-state index contributed by atoms with van der Waals surface area (Å²) in [5.41, 5.74) is 0.709. The highest BCUT2D eigenvalue weighted by atomic mass is 127. The molecule has 1 aromatic rings. The van der Waals surface area contributed by atoms with Crippen molar-refractivity contribution in [1.82, 2.24) is 0 Å². The minimum absolute atomic E-state index is 0.0788. The minimum Gasteiger partial charge on any atom is -0.392 e. The third-order valence-electron chi connectivity index (χ3n) is 2.90. The normalized spacial score (nSPS) is 26.5. The van der Waals surface area contributed by atoms with Crippen molar-refractivity contribution in [1.29, 1.82) is 0 Å². The number of benzene rings is 1. The Balaban J connectivity index is 2.57. The van der Waals surface area contributed by atoms with Crippen LogP contribution in [0.3, 0.4) is 0 Å². The van der Waals surface area contributed by atoms with Crippen molar-refractivity contribution in [3.05, 3.63) is 34.9 Å².